The van der Waals surface area contributed by atoms with Gasteiger partial charge < -0.3 is 15.3 Å². The Morgan fingerprint density at radius 3 is 2.72 bits per heavy atom. The van der Waals surface area contributed by atoms with Crippen LogP contribution < -0.4 is 0 Å². The molecule has 6 aliphatic rings. The predicted octanol–water partition coefficient (Wildman–Crippen LogP) is 1.65. The second-order valence-electron chi connectivity index (χ2n) is 10.0. The lowest BCUT2D eigenvalue weighted by atomic mass is 9.47. The fourth-order valence-electron chi connectivity index (χ4n) is 8.53. The molecule has 25 heavy (non-hydrogen) atoms. The molecule has 1 saturated heterocycles. The molecule has 0 aromatic heterocycles. The second-order valence-corrected chi connectivity index (χ2v) is 10.0. The summed E-state index contributed by atoms with van der Waals surface area (Å²) in [7, 11) is 0. The summed E-state index contributed by atoms with van der Waals surface area (Å²) in [6.45, 7) is 6.66. The maximum atomic E-state index is 11.9. The van der Waals surface area contributed by atoms with Crippen molar-refractivity contribution in [2.75, 3.05) is 13.1 Å². The van der Waals surface area contributed by atoms with E-state index in [-0.39, 0.29) is 34.8 Å². The molecular formula is C21H30NO3. The van der Waals surface area contributed by atoms with Crippen LogP contribution in [-0.2, 0) is 0 Å². The average molecular weight is 344 g/mol. The van der Waals surface area contributed by atoms with E-state index >= 15 is 0 Å². The van der Waals surface area contributed by atoms with Gasteiger partial charge in [-0.25, -0.2) is 0 Å². The Hall–Kier alpha value is -0.420. The third kappa shape index (κ3) is 1.40. The number of hydrogen-bond donors (Lipinski definition) is 3. The van der Waals surface area contributed by atoms with Crippen LogP contribution in [0.15, 0.2) is 11.1 Å². The van der Waals surface area contributed by atoms with E-state index in [0.717, 1.165) is 57.2 Å². The minimum Gasteiger partial charge on any atom is -0.392 e. The van der Waals surface area contributed by atoms with Crippen LogP contribution in [0.2, 0.25) is 0 Å². The summed E-state index contributed by atoms with van der Waals surface area (Å²) in [6, 6.07) is 0.226. The van der Waals surface area contributed by atoms with Crippen LogP contribution in [0.25, 0.3) is 0 Å². The van der Waals surface area contributed by atoms with Crippen LogP contribution in [0, 0.1) is 28.6 Å². The van der Waals surface area contributed by atoms with Crippen molar-refractivity contribution in [2.45, 2.75) is 76.2 Å². The molecule has 1 radical (unpaired) electrons. The molecule has 4 nitrogen and oxygen atoms in total. The first-order valence-corrected chi connectivity index (χ1v) is 10.3. The first-order valence-electron chi connectivity index (χ1n) is 10.3. The molecule has 0 aromatic rings. The first-order chi connectivity index (χ1) is 11.9. The number of aliphatic hydroxyl groups excluding tert-OH is 2. The minimum atomic E-state index is -0.847. The van der Waals surface area contributed by atoms with E-state index < -0.39 is 11.7 Å². The van der Waals surface area contributed by atoms with E-state index in [2.05, 4.69) is 18.7 Å². The Kier molecular flexibility index (Phi) is 2.72. The number of hydrogen-bond acceptors (Lipinski definition) is 4. The number of piperidine rings is 1. The molecule has 8 atom stereocenters. The zero-order valence-electron chi connectivity index (χ0n) is 15.3. The summed E-state index contributed by atoms with van der Waals surface area (Å²) < 4.78 is 0. The van der Waals surface area contributed by atoms with Gasteiger partial charge in [-0.15, -0.1) is 0 Å². The summed E-state index contributed by atoms with van der Waals surface area (Å²) in [6.07, 6.45) is 4.61. The molecule has 1 spiro atoms. The molecule has 3 saturated carbocycles. The highest BCUT2D eigenvalue weighted by Crippen LogP contribution is 2.77. The van der Waals surface area contributed by atoms with Gasteiger partial charge in [0.25, 0.3) is 0 Å². The minimum absolute atomic E-state index is 0.143. The standard InChI is InChI=1S/C21H30NO3/c1-3-22-10-19(2)6-5-15(23)21-12-8-11-4-7-20(25,16(12)17(11)24)13(18(21)22)9-14(19)21/h11,13,15,17-18,23-25H,3-10H2,1-2H3/t11-,13?,15-,17-,18+,19-,20-,21?/m0/s1. The number of fused-ring (bicyclic) bond motifs is 2. The fraction of sp³-hybridized carbons (Fsp3) is 0.857. The highest BCUT2D eigenvalue weighted by atomic mass is 16.3. The predicted molar refractivity (Wildman–Crippen MR) is 93.5 cm³/mol. The third-order valence-corrected chi connectivity index (χ3v) is 9.36. The van der Waals surface area contributed by atoms with Crippen molar-refractivity contribution < 1.29 is 15.3 Å². The summed E-state index contributed by atoms with van der Waals surface area (Å²) in [5.41, 5.74) is 1.22. The fourth-order valence-corrected chi connectivity index (χ4v) is 8.53. The zero-order valence-corrected chi connectivity index (χ0v) is 15.3. The molecule has 7 bridgehead atoms. The Bertz CT molecular complexity index is 691. The van der Waals surface area contributed by atoms with Gasteiger partial charge in [-0.05, 0) is 67.9 Å². The lowest BCUT2D eigenvalue weighted by Crippen LogP contribution is -2.70. The molecule has 1 aliphatic heterocycles. The SMILES string of the molecule is CCN1C[C@]2(C)CC[C@H](O)C34[C]2CC([C@@H]13)[C@@]1(O)CC[C@H]2CC4=C1[C@H]2O. The van der Waals surface area contributed by atoms with Gasteiger partial charge in [0.15, 0.2) is 0 Å². The largest absolute Gasteiger partial charge is 0.392 e. The Morgan fingerprint density at radius 1 is 1.16 bits per heavy atom. The topological polar surface area (TPSA) is 63.9 Å². The van der Waals surface area contributed by atoms with Gasteiger partial charge in [0.05, 0.1) is 17.8 Å². The van der Waals surface area contributed by atoms with Crippen LogP contribution in [0.4, 0.5) is 0 Å². The van der Waals surface area contributed by atoms with Crippen LogP contribution >= 0.6 is 0 Å². The van der Waals surface area contributed by atoms with Crippen LogP contribution in [0.5, 0.6) is 0 Å². The lowest BCUT2D eigenvalue weighted by molar-refractivity contribution is -0.132. The van der Waals surface area contributed by atoms with Crippen molar-refractivity contribution in [3.8, 4) is 0 Å². The van der Waals surface area contributed by atoms with E-state index in [9.17, 15) is 15.3 Å². The zero-order chi connectivity index (χ0) is 17.4. The van der Waals surface area contributed by atoms with Gasteiger partial charge >= 0.3 is 0 Å². The molecular weight excluding hydrogens is 314 g/mol. The number of aliphatic hydroxyl groups is 3. The molecule has 2 unspecified atom stereocenters. The second kappa shape index (κ2) is 4.35. The number of rotatable bonds is 1. The molecule has 6 rings (SSSR count). The van der Waals surface area contributed by atoms with Gasteiger partial charge in [-0.3, -0.25) is 4.90 Å². The summed E-state index contributed by atoms with van der Waals surface area (Å²) >= 11 is 0. The van der Waals surface area contributed by atoms with Crippen LogP contribution in [0.3, 0.4) is 0 Å². The van der Waals surface area contributed by atoms with E-state index in [1.54, 1.807) is 0 Å². The van der Waals surface area contributed by atoms with Gasteiger partial charge in [0.1, 0.15) is 0 Å². The van der Waals surface area contributed by atoms with Gasteiger partial charge in [0.2, 0.25) is 0 Å². The Morgan fingerprint density at radius 2 is 1.96 bits per heavy atom. The average Bonchev–Trinajstić information content (AvgIpc) is 3.00. The van der Waals surface area contributed by atoms with E-state index in [1.165, 1.54) is 11.5 Å². The van der Waals surface area contributed by atoms with Gasteiger partial charge in [0, 0.05) is 23.9 Å². The van der Waals surface area contributed by atoms with Crippen molar-refractivity contribution in [3.63, 3.8) is 0 Å². The summed E-state index contributed by atoms with van der Waals surface area (Å²) in [4.78, 5) is 2.57. The maximum Gasteiger partial charge on any atom is 0.0928 e. The van der Waals surface area contributed by atoms with Gasteiger partial charge in [-0.2, -0.15) is 0 Å². The highest BCUT2D eigenvalue weighted by molar-refractivity contribution is 5.56. The number of nitrogens with zero attached hydrogens (tertiary/aromatic N) is 1. The molecule has 1 heterocycles. The Balaban J connectivity index is 1.67. The number of likely N-dealkylation sites (tertiary alicyclic amines) is 1. The van der Waals surface area contributed by atoms with Crippen molar-refractivity contribution in [1.82, 2.24) is 4.90 Å². The molecule has 3 N–H and O–H groups in total. The molecule has 0 amide bonds. The molecule has 0 aromatic carbocycles. The van der Waals surface area contributed by atoms with Crippen LogP contribution in [-0.4, -0.2) is 57.2 Å². The first kappa shape index (κ1) is 15.6. The molecule has 137 valence electrons. The quantitative estimate of drug-likeness (QED) is 0.633. The summed E-state index contributed by atoms with van der Waals surface area (Å²) in [5, 5.41) is 34.2. The van der Waals surface area contributed by atoms with Crippen molar-refractivity contribution >= 4 is 0 Å². The third-order valence-electron chi connectivity index (χ3n) is 9.36. The Labute approximate surface area is 149 Å². The summed E-state index contributed by atoms with van der Waals surface area (Å²) in [5.74, 6) is 1.93. The van der Waals surface area contributed by atoms with E-state index in [0.29, 0.717) is 0 Å². The molecule has 4 fully saturated rings. The van der Waals surface area contributed by atoms with Gasteiger partial charge in [-0.1, -0.05) is 19.4 Å². The molecule has 4 heteroatoms. The van der Waals surface area contributed by atoms with E-state index in [1.807, 2.05) is 0 Å². The smallest absolute Gasteiger partial charge is 0.0928 e. The van der Waals surface area contributed by atoms with Crippen molar-refractivity contribution in [1.29, 1.82) is 0 Å². The van der Waals surface area contributed by atoms with E-state index in [4.69, 9.17) is 0 Å². The molecule has 5 aliphatic carbocycles. The van der Waals surface area contributed by atoms with Crippen molar-refractivity contribution in [2.24, 2.45) is 22.7 Å². The lowest BCUT2D eigenvalue weighted by Gasteiger charge is -2.65. The monoisotopic (exact) mass is 344 g/mol. The normalized spacial score (nSPS) is 59.6. The highest BCUT2D eigenvalue weighted by Gasteiger charge is 2.78. The van der Waals surface area contributed by atoms with Crippen molar-refractivity contribution in [3.05, 3.63) is 17.1 Å². The van der Waals surface area contributed by atoms with Crippen LogP contribution in [0.1, 0.15) is 52.4 Å². The maximum absolute atomic E-state index is 11.9.